The molecule has 1 aliphatic rings. The van der Waals surface area contributed by atoms with Crippen molar-refractivity contribution in [2.45, 2.75) is 25.6 Å². The summed E-state index contributed by atoms with van der Waals surface area (Å²) in [7, 11) is 0. The number of nitrogens with one attached hydrogen (secondary N) is 1. The third kappa shape index (κ3) is 6.56. The van der Waals surface area contributed by atoms with Gasteiger partial charge in [-0.3, -0.25) is 4.90 Å². The van der Waals surface area contributed by atoms with E-state index in [0.717, 1.165) is 37.8 Å². The number of piperazine rings is 1. The zero-order valence-electron chi connectivity index (χ0n) is 13.3. The largest absolute Gasteiger partial charge is 0.416 e. The summed E-state index contributed by atoms with van der Waals surface area (Å²) in [5.41, 5.74) is 1.04. The van der Waals surface area contributed by atoms with Crippen molar-refractivity contribution in [2.24, 2.45) is 0 Å². The summed E-state index contributed by atoms with van der Waals surface area (Å²) in [4.78, 5) is 2.23. The molecular weight excluding hydrogens is 428 g/mol. The van der Waals surface area contributed by atoms with E-state index in [4.69, 9.17) is 0 Å². The summed E-state index contributed by atoms with van der Waals surface area (Å²) < 4.78 is 39.6. The van der Waals surface area contributed by atoms with Gasteiger partial charge in [0.05, 0.1) is 5.56 Å². The maximum atomic E-state index is 13.1. The van der Waals surface area contributed by atoms with Crippen LogP contribution in [0.2, 0.25) is 0 Å². The zero-order chi connectivity index (χ0) is 16.3. The highest BCUT2D eigenvalue weighted by atomic mass is 79.9. The van der Waals surface area contributed by atoms with Gasteiger partial charge in [-0.1, -0.05) is 21.5 Å². The van der Waals surface area contributed by atoms with Crippen LogP contribution in [0, 0.1) is 0 Å². The van der Waals surface area contributed by atoms with Crippen LogP contribution in [0.1, 0.15) is 30.5 Å². The lowest BCUT2D eigenvalue weighted by molar-refractivity contribution is -0.137. The van der Waals surface area contributed by atoms with Crippen molar-refractivity contribution >= 4 is 40.7 Å². The van der Waals surface area contributed by atoms with Crippen LogP contribution in [0.25, 0.3) is 0 Å². The Morgan fingerprint density at radius 2 is 1.83 bits per heavy atom. The number of halogens is 6. The summed E-state index contributed by atoms with van der Waals surface area (Å²) in [5, 5.41) is 3.27. The molecule has 8 heteroatoms. The Labute approximate surface area is 161 Å². The van der Waals surface area contributed by atoms with Crippen molar-refractivity contribution < 1.29 is 13.2 Å². The molecule has 1 N–H and O–H groups in total. The molecule has 0 saturated carbocycles. The number of hydrogen-bond acceptors (Lipinski definition) is 2. The fourth-order valence-electron chi connectivity index (χ4n) is 2.75. The third-order valence-corrected chi connectivity index (χ3v) is 4.22. The van der Waals surface area contributed by atoms with Crippen LogP contribution in [0.3, 0.4) is 0 Å². The Morgan fingerprint density at radius 1 is 1.25 bits per heavy atom. The Balaban J connectivity index is 0.00000264. The molecule has 2 nitrogen and oxygen atoms in total. The molecule has 0 spiro atoms. The fourth-order valence-corrected chi connectivity index (χ4v) is 3.26. The second-order valence-corrected chi connectivity index (χ2v) is 6.65. The Hall–Kier alpha value is -0.270. The number of hydrogen-bond donors (Lipinski definition) is 1. The van der Waals surface area contributed by atoms with Gasteiger partial charge in [-0.15, -0.1) is 31.4 Å². The van der Waals surface area contributed by atoms with Crippen LogP contribution in [0.4, 0.5) is 13.2 Å². The number of nitrogens with zero attached hydrogens (tertiary/aromatic N) is 1. The average molecular weight is 450 g/mol. The Bertz CT molecular complexity index is 547. The first-order chi connectivity index (χ1) is 10.3. The normalized spacial score (nSPS) is 16.7. The van der Waals surface area contributed by atoms with Gasteiger partial charge in [-0.25, -0.2) is 0 Å². The van der Waals surface area contributed by atoms with Crippen molar-refractivity contribution in [1.82, 2.24) is 10.2 Å². The van der Waals surface area contributed by atoms with E-state index < -0.39 is 11.7 Å². The predicted octanol–water partition coefficient (Wildman–Crippen LogP) is 5.22. The smallest absolute Gasteiger partial charge is 0.314 e. The number of alkyl halides is 3. The summed E-state index contributed by atoms with van der Waals surface area (Å²) in [6.45, 7) is 9.21. The molecule has 0 unspecified atom stereocenters. The van der Waals surface area contributed by atoms with Gasteiger partial charge in [-0.2, -0.15) is 13.2 Å². The van der Waals surface area contributed by atoms with Crippen LogP contribution in [0.5, 0.6) is 0 Å². The molecule has 0 aliphatic carbocycles. The first kappa shape index (κ1) is 23.7. The molecule has 0 aromatic heterocycles. The van der Waals surface area contributed by atoms with Crippen molar-refractivity contribution in [3.63, 3.8) is 0 Å². The highest BCUT2D eigenvalue weighted by molar-refractivity contribution is 9.10. The molecule has 1 saturated heterocycles. The van der Waals surface area contributed by atoms with E-state index in [1.54, 1.807) is 6.07 Å². The summed E-state index contributed by atoms with van der Waals surface area (Å²) in [5.74, 6) is 0. The number of rotatable bonds is 4. The SMILES string of the molecule is C=C(C)C[C@H](c1cc(Br)cc(C(F)(F)F)c1)N1CCNCC1.Cl.Cl. The standard InChI is InChI=1S/C16H20BrF3N2.2ClH/c1-11(2)7-15(22-5-3-21-4-6-22)12-8-13(16(18,19)20)10-14(17)9-12;;/h8-10,15,21H,1,3-7H2,2H3;2*1H/t15-;;/m1../s1. The molecule has 0 amide bonds. The third-order valence-electron chi connectivity index (χ3n) is 3.77. The Morgan fingerprint density at radius 3 is 2.33 bits per heavy atom. The van der Waals surface area contributed by atoms with E-state index in [1.165, 1.54) is 6.07 Å². The number of benzene rings is 1. The average Bonchev–Trinajstić information content (AvgIpc) is 2.44. The minimum absolute atomic E-state index is 0. The van der Waals surface area contributed by atoms with E-state index in [1.807, 2.05) is 6.92 Å². The summed E-state index contributed by atoms with van der Waals surface area (Å²) in [6, 6.07) is 4.10. The lowest BCUT2D eigenvalue weighted by atomic mass is 9.96. The molecule has 24 heavy (non-hydrogen) atoms. The van der Waals surface area contributed by atoms with Crippen molar-refractivity contribution in [3.8, 4) is 0 Å². The van der Waals surface area contributed by atoms with Gasteiger partial charge in [-0.05, 0) is 37.1 Å². The van der Waals surface area contributed by atoms with E-state index in [2.05, 4.69) is 32.7 Å². The van der Waals surface area contributed by atoms with Crippen molar-refractivity contribution in [2.75, 3.05) is 26.2 Å². The molecule has 1 aromatic rings. The molecule has 0 bridgehead atoms. The second kappa shape index (κ2) is 10.0. The molecular formula is C16H22BrCl2F3N2. The second-order valence-electron chi connectivity index (χ2n) is 5.73. The molecule has 1 aliphatic heterocycles. The van der Waals surface area contributed by atoms with Crippen LogP contribution < -0.4 is 5.32 Å². The van der Waals surface area contributed by atoms with Gasteiger partial charge in [0.2, 0.25) is 0 Å². The quantitative estimate of drug-likeness (QED) is 0.633. The van der Waals surface area contributed by atoms with E-state index >= 15 is 0 Å². The first-order valence-electron chi connectivity index (χ1n) is 7.24. The van der Waals surface area contributed by atoms with E-state index in [0.29, 0.717) is 16.5 Å². The van der Waals surface area contributed by atoms with Crippen molar-refractivity contribution in [3.05, 3.63) is 46.0 Å². The van der Waals surface area contributed by atoms with Crippen LogP contribution in [-0.4, -0.2) is 31.1 Å². The van der Waals surface area contributed by atoms with Gasteiger partial charge in [0.25, 0.3) is 0 Å². The van der Waals surface area contributed by atoms with Gasteiger partial charge in [0.1, 0.15) is 0 Å². The fraction of sp³-hybridized carbons (Fsp3) is 0.500. The molecule has 1 heterocycles. The zero-order valence-corrected chi connectivity index (χ0v) is 16.5. The minimum Gasteiger partial charge on any atom is -0.314 e. The summed E-state index contributed by atoms with van der Waals surface area (Å²) >= 11 is 3.21. The van der Waals surface area contributed by atoms with Crippen LogP contribution in [0.15, 0.2) is 34.8 Å². The molecule has 0 radical (unpaired) electrons. The first-order valence-corrected chi connectivity index (χ1v) is 8.03. The van der Waals surface area contributed by atoms with Crippen LogP contribution >= 0.6 is 40.7 Å². The van der Waals surface area contributed by atoms with Gasteiger partial charge >= 0.3 is 6.18 Å². The topological polar surface area (TPSA) is 15.3 Å². The van der Waals surface area contributed by atoms with Crippen molar-refractivity contribution in [1.29, 1.82) is 0 Å². The summed E-state index contributed by atoms with van der Waals surface area (Å²) in [6.07, 6.45) is -3.68. The maximum Gasteiger partial charge on any atom is 0.416 e. The lowest BCUT2D eigenvalue weighted by Gasteiger charge is -2.35. The molecule has 1 fully saturated rings. The van der Waals surface area contributed by atoms with Gasteiger partial charge in [0.15, 0.2) is 0 Å². The highest BCUT2D eigenvalue weighted by Crippen LogP contribution is 2.36. The minimum atomic E-state index is -4.34. The molecule has 1 aromatic carbocycles. The Kier molecular flexibility index (Phi) is 9.91. The van der Waals surface area contributed by atoms with Gasteiger partial charge < -0.3 is 5.32 Å². The molecule has 1 atom stereocenters. The van der Waals surface area contributed by atoms with Crippen LogP contribution in [-0.2, 0) is 6.18 Å². The molecule has 138 valence electrons. The lowest BCUT2D eigenvalue weighted by Crippen LogP contribution is -2.45. The van der Waals surface area contributed by atoms with Gasteiger partial charge in [0, 0.05) is 36.7 Å². The monoisotopic (exact) mass is 448 g/mol. The highest BCUT2D eigenvalue weighted by Gasteiger charge is 2.32. The molecule has 2 rings (SSSR count). The van der Waals surface area contributed by atoms with E-state index in [9.17, 15) is 13.2 Å². The maximum absolute atomic E-state index is 13.1. The van der Waals surface area contributed by atoms with E-state index in [-0.39, 0.29) is 30.9 Å². The predicted molar refractivity (Wildman–Crippen MR) is 100 cm³/mol.